The summed E-state index contributed by atoms with van der Waals surface area (Å²) in [5.41, 5.74) is 3.81. The van der Waals surface area contributed by atoms with Gasteiger partial charge in [-0.3, -0.25) is 4.79 Å². The van der Waals surface area contributed by atoms with Crippen LogP contribution in [0.5, 0.6) is 5.75 Å². The van der Waals surface area contributed by atoms with Gasteiger partial charge in [0.05, 0.1) is 12.7 Å². The number of halogens is 1. The first-order valence-corrected chi connectivity index (χ1v) is 10.7. The van der Waals surface area contributed by atoms with E-state index in [2.05, 4.69) is 19.9 Å². The third kappa shape index (κ3) is 3.87. The molecule has 0 fully saturated rings. The van der Waals surface area contributed by atoms with Crippen LogP contribution in [0.3, 0.4) is 0 Å². The van der Waals surface area contributed by atoms with Crippen LogP contribution in [-0.4, -0.2) is 37.4 Å². The van der Waals surface area contributed by atoms with Gasteiger partial charge in [0.1, 0.15) is 11.4 Å². The fourth-order valence-electron chi connectivity index (χ4n) is 3.97. The van der Waals surface area contributed by atoms with Crippen molar-refractivity contribution in [2.24, 2.45) is 0 Å². The summed E-state index contributed by atoms with van der Waals surface area (Å²) in [5.74, 6) is 1.06. The van der Waals surface area contributed by atoms with Crippen molar-refractivity contribution in [2.45, 2.75) is 13.5 Å². The molecule has 0 unspecified atom stereocenters. The van der Waals surface area contributed by atoms with Gasteiger partial charge in [0, 0.05) is 40.6 Å². The Morgan fingerprint density at radius 2 is 1.91 bits per heavy atom. The normalized spacial score (nSPS) is 11.1. The Morgan fingerprint density at radius 1 is 1.09 bits per heavy atom. The molecule has 5 rings (SSSR count). The molecule has 0 aliphatic heterocycles. The first-order valence-electron chi connectivity index (χ1n) is 10.3. The Labute approximate surface area is 195 Å². The van der Waals surface area contributed by atoms with Crippen molar-refractivity contribution >= 4 is 28.3 Å². The number of carbonyl (C=O) groups is 1. The summed E-state index contributed by atoms with van der Waals surface area (Å²) >= 11 is 6.05. The number of carbonyl (C=O) groups excluding carboxylic acids is 1. The molecule has 0 radical (unpaired) electrons. The van der Waals surface area contributed by atoms with Gasteiger partial charge in [-0.25, -0.2) is 4.68 Å². The lowest BCUT2D eigenvalue weighted by atomic mass is 10.0. The molecule has 0 amide bonds. The molecule has 0 atom stereocenters. The third-order valence-electron chi connectivity index (χ3n) is 5.63. The summed E-state index contributed by atoms with van der Waals surface area (Å²) in [6.45, 7) is 2.56. The highest BCUT2D eigenvalue weighted by Gasteiger charge is 2.23. The van der Waals surface area contributed by atoms with E-state index in [0.717, 1.165) is 22.2 Å². The Balaban J connectivity index is 1.61. The zero-order chi connectivity index (χ0) is 22.9. The fourth-order valence-corrected chi connectivity index (χ4v) is 4.09. The molecule has 0 saturated carbocycles. The van der Waals surface area contributed by atoms with E-state index in [1.807, 2.05) is 49.4 Å². The topological polar surface area (TPSA) is 74.8 Å². The second-order valence-corrected chi connectivity index (χ2v) is 8.05. The maximum Gasteiger partial charge on any atom is 0.215 e. The average molecular weight is 458 g/mol. The number of ether oxygens (including phenoxy) is 1. The largest absolute Gasteiger partial charge is 0.497 e. The van der Waals surface area contributed by atoms with Crippen LogP contribution in [0.2, 0.25) is 5.02 Å². The maximum absolute atomic E-state index is 13.7. The summed E-state index contributed by atoms with van der Waals surface area (Å²) in [4.78, 5) is 13.7. The molecule has 0 saturated heterocycles. The van der Waals surface area contributed by atoms with E-state index in [-0.39, 0.29) is 5.78 Å². The lowest BCUT2D eigenvalue weighted by Crippen LogP contribution is -2.08. The van der Waals surface area contributed by atoms with E-state index in [9.17, 15) is 4.79 Å². The molecule has 0 aliphatic carbocycles. The van der Waals surface area contributed by atoms with Gasteiger partial charge in [0.25, 0.3) is 0 Å². The third-order valence-corrected chi connectivity index (χ3v) is 5.88. The highest BCUT2D eigenvalue weighted by atomic mass is 35.5. The lowest BCUT2D eigenvalue weighted by molar-refractivity contribution is 0.103. The van der Waals surface area contributed by atoms with Gasteiger partial charge in [-0.2, -0.15) is 10.2 Å². The molecule has 164 valence electrons. The number of nitrogens with zero attached hydrogens (tertiary/aromatic N) is 5. The zero-order valence-corrected chi connectivity index (χ0v) is 18.8. The number of methoxy groups -OCH3 is 1. The number of ketones is 1. The lowest BCUT2D eigenvalue weighted by Gasteiger charge is -2.09. The Hall–Kier alpha value is -3.97. The van der Waals surface area contributed by atoms with Gasteiger partial charge < -0.3 is 9.30 Å². The van der Waals surface area contributed by atoms with E-state index in [1.54, 1.807) is 42.4 Å². The van der Waals surface area contributed by atoms with Crippen molar-refractivity contribution in [1.82, 2.24) is 24.5 Å². The molecule has 0 spiro atoms. The second kappa shape index (κ2) is 8.52. The van der Waals surface area contributed by atoms with E-state index < -0.39 is 0 Å². The number of rotatable bonds is 6. The van der Waals surface area contributed by atoms with Gasteiger partial charge in [0.2, 0.25) is 5.78 Å². The molecule has 5 aromatic rings. The second-order valence-electron chi connectivity index (χ2n) is 7.61. The molecule has 0 N–H and O–H groups in total. The molecule has 3 heterocycles. The minimum atomic E-state index is -0.164. The van der Waals surface area contributed by atoms with Crippen molar-refractivity contribution in [3.63, 3.8) is 0 Å². The van der Waals surface area contributed by atoms with E-state index >= 15 is 0 Å². The summed E-state index contributed by atoms with van der Waals surface area (Å²) in [6.07, 6.45) is 3.30. The smallest absolute Gasteiger partial charge is 0.215 e. The summed E-state index contributed by atoms with van der Waals surface area (Å²) in [5, 5.41) is 13.9. The minimum Gasteiger partial charge on any atom is -0.497 e. The standard InChI is InChI=1S/C25H20ClN5O2/c1-16-24(25(32)21-11-13-31(29-21)23-4-3-12-27-28-23)20-14-19(33-2)9-10-22(20)30(16)15-17-5-7-18(26)8-6-17/h3-14H,15H2,1-2H3. The number of benzene rings is 2. The molecule has 3 aromatic heterocycles. The van der Waals surface area contributed by atoms with E-state index in [0.29, 0.717) is 34.4 Å². The van der Waals surface area contributed by atoms with Crippen molar-refractivity contribution in [3.05, 3.63) is 101 Å². The van der Waals surface area contributed by atoms with Crippen LogP contribution < -0.4 is 4.74 Å². The highest BCUT2D eigenvalue weighted by molar-refractivity contribution is 6.30. The number of hydrogen-bond acceptors (Lipinski definition) is 5. The van der Waals surface area contributed by atoms with Crippen LogP contribution in [0.25, 0.3) is 16.7 Å². The Bertz CT molecular complexity index is 1460. The van der Waals surface area contributed by atoms with Crippen LogP contribution in [-0.2, 0) is 6.54 Å². The zero-order valence-electron chi connectivity index (χ0n) is 18.1. The van der Waals surface area contributed by atoms with Crippen molar-refractivity contribution in [1.29, 1.82) is 0 Å². The molecular weight excluding hydrogens is 438 g/mol. The Morgan fingerprint density at radius 3 is 2.64 bits per heavy atom. The SMILES string of the molecule is COc1ccc2c(c1)c(C(=O)c1ccn(-c3cccnn3)n1)c(C)n2Cc1ccc(Cl)cc1. The van der Waals surface area contributed by atoms with Gasteiger partial charge in [-0.1, -0.05) is 23.7 Å². The predicted molar refractivity (Wildman–Crippen MR) is 126 cm³/mol. The van der Waals surface area contributed by atoms with Crippen molar-refractivity contribution in [2.75, 3.05) is 7.11 Å². The van der Waals surface area contributed by atoms with Crippen molar-refractivity contribution in [3.8, 4) is 11.6 Å². The fraction of sp³-hybridized carbons (Fsp3) is 0.120. The average Bonchev–Trinajstić information content (AvgIpc) is 3.44. The van der Waals surface area contributed by atoms with Gasteiger partial charge >= 0.3 is 0 Å². The number of hydrogen-bond donors (Lipinski definition) is 0. The first kappa shape index (κ1) is 20.9. The number of aromatic nitrogens is 5. The first-order chi connectivity index (χ1) is 16.0. The van der Waals surface area contributed by atoms with E-state index in [1.165, 1.54) is 0 Å². The van der Waals surface area contributed by atoms with Crippen LogP contribution in [0.4, 0.5) is 0 Å². The molecule has 0 bridgehead atoms. The quantitative estimate of drug-likeness (QED) is 0.340. The summed E-state index contributed by atoms with van der Waals surface area (Å²) in [7, 11) is 1.61. The van der Waals surface area contributed by atoms with Gasteiger partial charge in [-0.15, -0.1) is 5.10 Å². The molecule has 7 nitrogen and oxygen atoms in total. The Kier molecular flexibility index (Phi) is 5.40. The minimum absolute atomic E-state index is 0.164. The monoisotopic (exact) mass is 457 g/mol. The van der Waals surface area contributed by atoms with Crippen LogP contribution >= 0.6 is 11.6 Å². The molecule has 33 heavy (non-hydrogen) atoms. The molecule has 0 aliphatic rings. The predicted octanol–water partition coefficient (Wildman–Crippen LogP) is 4.87. The van der Waals surface area contributed by atoms with Gasteiger partial charge in [0.15, 0.2) is 5.82 Å². The van der Waals surface area contributed by atoms with Gasteiger partial charge in [-0.05, 0) is 61.0 Å². The van der Waals surface area contributed by atoms with Crippen LogP contribution in [0.15, 0.2) is 73.1 Å². The molecule has 8 heteroatoms. The molecule has 2 aromatic carbocycles. The molecular formula is C25H20ClN5O2. The maximum atomic E-state index is 13.7. The van der Waals surface area contributed by atoms with E-state index in [4.69, 9.17) is 16.3 Å². The van der Waals surface area contributed by atoms with Crippen LogP contribution in [0, 0.1) is 6.92 Å². The highest BCUT2D eigenvalue weighted by Crippen LogP contribution is 2.32. The summed E-state index contributed by atoms with van der Waals surface area (Å²) < 4.78 is 9.11. The van der Waals surface area contributed by atoms with Crippen LogP contribution in [0.1, 0.15) is 27.3 Å². The summed E-state index contributed by atoms with van der Waals surface area (Å²) in [6, 6.07) is 18.7. The number of fused-ring (bicyclic) bond motifs is 1. The van der Waals surface area contributed by atoms with Crippen molar-refractivity contribution < 1.29 is 9.53 Å².